The van der Waals surface area contributed by atoms with E-state index in [0.717, 1.165) is 35.9 Å². The third-order valence-electron chi connectivity index (χ3n) is 8.02. The van der Waals surface area contributed by atoms with Crippen molar-refractivity contribution >= 4 is 83.6 Å². The summed E-state index contributed by atoms with van der Waals surface area (Å²) >= 11 is 0. The summed E-state index contributed by atoms with van der Waals surface area (Å²) in [5.74, 6) is -3.37. The molecule has 60 heavy (non-hydrogen) atoms. The minimum absolute atomic E-state index is 0. The Morgan fingerprint density at radius 2 is 1.43 bits per heavy atom. The van der Waals surface area contributed by atoms with Crippen molar-refractivity contribution < 1.29 is 139 Å². The zero-order valence-corrected chi connectivity index (χ0v) is 39.0. The topological polar surface area (TPSA) is 335 Å². The summed E-state index contributed by atoms with van der Waals surface area (Å²) < 4.78 is 70.6. The zero-order valence-electron chi connectivity index (χ0n) is 31.3. The largest absolute Gasteiger partial charge is 1.00 e. The average molecular weight is 879 g/mol. The number of ketones is 1. The Balaban J connectivity index is 0.00000320. The van der Waals surface area contributed by atoms with Crippen LogP contribution in [0.1, 0.15) is 26.3 Å². The van der Waals surface area contributed by atoms with Crippen molar-refractivity contribution in [2.75, 3.05) is 11.2 Å². The van der Waals surface area contributed by atoms with Crippen LogP contribution in [-0.2, 0) is 20.2 Å². The number of nitro benzene ring substituents is 1. The number of carbonyl (C=O) groups is 2. The van der Waals surface area contributed by atoms with Crippen LogP contribution in [0.2, 0.25) is 0 Å². The Morgan fingerprint density at radius 3 is 2.00 bits per heavy atom. The number of carboxylic acids is 1. The molecule has 0 fully saturated rings. The summed E-state index contributed by atoms with van der Waals surface area (Å²) in [6.45, 7) is 0. The Morgan fingerprint density at radius 1 is 0.817 bits per heavy atom. The van der Waals surface area contributed by atoms with E-state index in [9.17, 15) is 55.9 Å². The number of carbonyl (C=O) groups excluding carboxylic acids is 2. The number of fused-ring (bicyclic) bond motifs is 1. The monoisotopic (exact) mass is 878 g/mol. The van der Waals surface area contributed by atoms with E-state index in [-0.39, 0.29) is 123 Å². The van der Waals surface area contributed by atoms with Crippen molar-refractivity contribution in [2.45, 2.75) is 4.90 Å². The summed E-state index contributed by atoms with van der Waals surface area (Å²) in [5, 5.41) is 53.3. The molecule has 25 heteroatoms. The molecular formula is C35H21N8Na3O12S2. The Labute approximate surface area is 406 Å². The van der Waals surface area contributed by atoms with Gasteiger partial charge in [0.1, 0.15) is 26.4 Å². The third kappa shape index (κ3) is 11.4. The predicted molar refractivity (Wildman–Crippen MR) is 200 cm³/mol. The molecule has 0 amide bonds. The van der Waals surface area contributed by atoms with Gasteiger partial charge in [0.15, 0.2) is 5.71 Å². The molecule has 3 aromatic carbocycles. The second kappa shape index (κ2) is 20.4. The fourth-order valence-corrected chi connectivity index (χ4v) is 6.53. The minimum Gasteiger partial charge on any atom is -0.872 e. The van der Waals surface area contributed by atoms with E-state index in [1.165, 1.54) is 30.4 Å². The maximum Gasteiger partial charge on any atom is 1.00 e. The molecule has 0 bridgehead atoms. The SMILES string of the molecule is Nc1ccc2c(c1N=Nc1ccc([N+](=O)[O-])cc1S(=O)(=O)O)C=C(S(=O)(=O)[O-])C(=NN=C1C=CC(=C3C=CC(=NNc4ccc([O-])c(C(=O)[O-])c4)C=C3)C=C1)C2=O.[Na+].[Na+].[Na+]. The van der Waals surface area contributed by atoms with Crippen molar-refractivity contribution in [3.8, 4) is 5.75 Å². The minimum atomic E-state index is -5.40. The van der Waals surface area contributed by atoms with Gasteiger partial charge in [0.2, 0.25) is 5.78 Å². The van der Waals surface area contributed by atoms with Crippen molar-refractivity contribution in [3.63, 3.8) is 0 Å². The number of azo groups is 1. The fraction of sp³-hybridized carbons (Fsp3) is 0. The van der Waals surface area contributed by atoms with Gasteiger partial charge in [-0.2, -0.15) is 18.6 Å². The van der Waals surface area contributed by atoms with Crippen molar-refractivity contribution in [1.82, 2.24) is 0 Å². The summed E-state index contributed by atoms with van der Waals surface area (Å²) in [4.78, 5) is 32.8. The quantitative estimate of drug-likeness (QED) is 0.0451. The van der Waals surface area contributed by atoms with Gasteiger partial charge in [0.05, 0.1) is 38.6 Å². The predicted octanol–water partition coefficient (Wildman–Crippen LogP) is -5.82. The number of nitrogens with two attached hydrogens (primary N) is 1. The molecule has 288 valence electrons. The van der Waals surface area contributed by atoms with Crippen LogP contribution in [0.4, 0.5) is 28.4 Å². The van der Waals surface area contributed by atoms with E-state index in [1.54, 1.807) is 36.5 Å². The molecule has 0 unspecified atom stereocenters. The summed E-state index contributed by atoms with van der Waals surface area (Å²) in [6.07, 6.45) is 13.8. The van der Waals surface area contributed by atoms with E-state index < -0.39 is 75.1 Å². The Hall–Kier alpha value is -4.53. The van der Waals surface area contributed by atoms with Gasteiger partial charge in [0.25, 0.3) is 15.8 Å². The van der Waals surface area contributed by atoms with Crippen LogP contribution in [0.25, 0.3) is 6.08 Å². The number of aromatic carboxylic acids is 1. The number of nitro groups is 1. The number of anilines is 2. The number of hydrogen-bond acceptors (Lipinski definition) is 18. The van der Waals surface area contributed by atoms with Gasteiger partial charge in [-0.1, -0.05) is 36.1 Å². The van der Waals surface area contributed by atoms with Gasteiger partial charge < -0.3 is 25.3 Å². The van der Waals surface area contributed by atoms with E-state index in [2.05, 4.69) is 31.0 Å². The van der Waals surface area contributed by atoms with Gasteiger partial charge in [-0.15, -0.1) is 15.3 Å². The fourth-order valence-electron chi connectivity index (χ4n) is 5.26. The van der Waals surface area contributed by atoms with Crippen LogP contribution >= 0.6 is 0 Å². The molecule has 3 aromatic rings. The molecule has 0 atom stereocenters. The van der Waals surface area contributed by atoms with Gasteiger partial charge in [-0.25, -0.2) is 8.42 Å². The first-order valence-corrected chi connectivity index (χ1v) is 18.6. The van der Waals surface area contributed by atoms with Crippen LogP contribution in [0.15, 0.2) is 144 Å². The smallest absolute Gasteiger partial charge is 0.872 e. The second-order valence-corrected chi connectivity index (χ2v) is 14.4. The number of benzene rings is 3. The Kier molecular flexibility index (Phi) is 16.9. The molecule has 0 heterocycles. The van der Waals surface area contributed by atoms with Crippen LogP contribution in [0, 0.1) is 10.1 Å². The number of hydrogen-bond donors (Lipinski definition) is 3. The first-order chi connectivity index (χ1) is 26.9. The number of nitrogen functional groups attached to an aromatic ring is 1. The van der Waals surface area contributed by atoms with E-state index >= 15 is 0 Å². The van der Waals surface area contributed by atoms with Crippen LogP contribution < -0.4 is 110 Å². The van der Waals surface area contributed by atoms with Gasteiger partial charge >= 0.3 is 88.7 Å². The number of non-ortho nitro benzene ring substituents is 1. The molecule has 6 rings (SSSR count). The average Bonchev–Trinajstić information content (AvgIpc) is 3.16. The molecule has 4 N–H and O–H groups in total. The molecule has 0 spiro atoms. The molecule has 0 radical (unpaired) electrons. The summed E-state index contributed by atoms with van der Waals surface area (Å²) in [5.41, 5.74) is 7.28. The van der Waals surface area contributed by atoms with E-state index in [4.69, 9.17) is 5.73 Å². The number of hydrazone groups is 1. The van der Waals surface area contributed by atoms with Crippen molar-refractivity contribution in [2.24, 2.45) is 25.5 Å². The molecule has 0 aliphatic heterocycles. The van der Waals surface area contributed by atoms with Gasteiger partial charge in [-0.05, 0) is 77.4 Å². The normalized spacial score (nSPS) is 15.1. The molecule has 3 aliphatic carbocycles. The van der Waals surface area contributed by atoms with Gasteiger partial charge in [-0.3, -0.25) is 24.9 Å². The molecule has 0 aromatic heterocycles. The maximum atomic E-state index is 13.6. The van der Waals surface area contributed by atoms with Crippen molar-refractivity contribution in [1.29, 1.82) is 0 Å². The molecule has 20 nitrogen and oxygen atoms in total. The van der Waals surface area contributed by atoms with Crippen LogP contribution in [0.5, 0.6) is 5.75 Å². The third-order valence-corrected chi connectivity index (χ3v) is 9.76. The molecule has 0 saturated heterocycles. The molecule has 0 saturated carbocycles. The van der Waals surface area contributed by atoms with E-state index in [0.29, 0.717) is 17.4 Å². The second-order valence-electron chi connectivity index (χ2n) is 11.7. The van der Waals surface area contributed by atoms with Crippen molar-refractivity contribution in [3.05, 3.63) is 140 Å². The molecular weight excluding hydrogens is 858 g/mol. The number of carboxylic acid groups (broad SMARTS) is 1. The molecule has 3 aliphatic rings. The number of rotatable bonds is 9. The first-order valence-electron chi connectivity index (χ1n) is 15.7. The standard InChI is InChI=1S/C35H24N8O12S2.3Na/c36-27-12-11-24-25(32(27)41-40-28-13-10-23(43(48)49)16-30(28)56(50,51)52)17-31(57(53,54)55)33(34(24)45)42-38-21-7-3-19(4-8-21)18-1-5-20(6-2-18)37-39-22-9-14-29(44)26(15-22)35(46)47;;;/h1-17,39,44H,36H2,(H,46,47)(H,50,51,52)(H,53,54,55);;;/q;3*+1/p-3. The van der Waals surface area contributed by atoms with Crippen LogP contribution in [-0.4, -0.2) is 59.8 Å². The maximum absolute atomic E-state index is 13.6. The number of Topliss-reactive ketones (excluding diaryl/α,β-unsaturated/α-hetero) is 1. The number of nitrogens with one attached hydrogen (secondary N) is 1. The number of nitrogens with zero attached hydrogens (tertiary/aromatic N) is 6. The summed E-state index contributed by atoms with van der Waals surface area (Å²) in [6, 6.07) is 8.23. The Bertz CT molecular complexity index is 2850. The summed E-state index contributed by atoms with van der Waals surface area (Å²) in [7, 11) is -10.5. The zero-order chi connectivity index (χ0) is 41.2. The van der Waals surface area contributed by atoms with Crippen LogP contribution in [0.3, 0.4) is 0 Å². The van der Waals surface area contributed by atoms with Gasteiger partial charge in [0, 0.05) is 23.3 Å². The number of allylic oxidation sites excluding steroid dienone is 11. The van der Waals surface area contributed by atoms with E-state index in [1.807, 2.05) is 0 Å². The first kappa shape index (κ1) is 49.8.